The van der Waals surface area contributed by atoms with Crippen LogP contribution in [0.5, 0.6) is 0 Å². The average molecular weight is 425 g/mol. The molecule has 0 bridgehead atoms. The second-order valence-electron chi connectivity index (χ2n) is 6.46. The summed E-state index contributed by atoms with van der Waals surface area (Å²) in [6.07, 6.45) is -4.74. The van der Waals surface area contributed by atoms with Crippen molar-refractivity contribution in [1.82, 2.24) is 9.55 Å². The van der Waals surface area contributed by atoms with Crippen LogP contribution < -0.4 is 11.2 Å². The van der Waals surface area contributed by atoms with Crippen LogP contribution in [0.1, 0.15) is 5.56 Å². The molecule has 11 heteroatoms. The average Bonchev–Trinajstić information content (AvgIpc) is 2.72. The second kappa shape index (κ2) is 7.16. The zero-order valence-electron chi connectivity index (χ0n) is 14.4. The van der Waals surface area contributed by atoms with E-state index in [-0.39, 0.29) is 35.6 Å². The highest BCUT2D eigenvalue weighted by atomic mass is 35.5. The van der Waals surface area contributed by atoms with Gasteiger partial charge in [-0.2, -0.15) is 13.2 Å². The Labute approximate surface area is 160 Å². The SMILES string of the molecule is COCC1(COC)CSc2c(Cl)c(C(F)(F)F)cc3c(=O)[nH]c(=O)n(c23)C1. The molecule has 0 amide bonds. The summed E-state index contributed by atoms with van der Waals surface area (Å²) in [5, 5.41) is -0.760. The predicted octanol–water partition coefficient (Wildman–Crippen LogP) is 2.75. The smallest absolute Gasteiger partial charge is 0.384 e. The van der Waals surface area contributed by atoms with Gasteiger partial charge in [-0.05, 0) is 6.07 Å². The fourth-order valence-electron chi connectivity index (χ4n) is 3.32. The molecule has 6 nitrogen and oxygen atoms in total. The third kappa shape index (κ3) is 3.51. The number of alkyl halides is 3. The Morgan fingerprint density at radius 3 is 2.48 bits per heavy atom. The van der Waals surface area contributed by atoms with Gasteiger partial charge in [0.1, 0.15) is 0 Å². The van der Waals surface area contributed by atoms with Crippen molar-refractivity contribution in [2.75, 3.05) is 33.2 Å². The Bertz CT molecular complexity index is 996. The summed E-state index contributed by atoms with van der Waals surface area (Å²) >= 11 is 7.13. The molecule has 0 saturated carbocycles. The van der Waals surface area contributed by atoms with E-state index in [4.69, 9.17) is 21.1 Å². The third-order valence-corrected chi connectivity index (χ3v) is 6.35. The van der Waals surface area contributed by atoms with Gasteiger partial charge in [-0.15, -0.1) is 11.8 Å². The van der Waals surface area contributed by atoms with Crippen LogP contribution in [0.4, 0.5) is 13.2 Å². The first kappa shape index (κ1) is 20.2. The number of aromatic nitrogens is 2. The van der Waals surface area contributed by atoms with Crippen molar-refractivity contribution in [3.63, 3.8) is 0 Å². The fourth-order valence-corrected chi connectivity index (χ4v) is 5.04. The molecule has 1 N–H and O–H groups in total. The molecule has 0 radical (unpaired) electrons. The van der Waals surface area contributed by atoms with Crippen LogP contribution >= 0.6 is 23.4 Å². The standard InChI is InChI=1S/C16H16ClF3N2O4S/c1-25-5-15(6-26-2)4-22-11-8(13(23)21-14(22)24)3-9(16(18,19)20)10(17)12(11)27-7-15/h3H,4-7H2,1-2H3,(H,21,23,24). The van der Waals surface area contributed by atoms with Crippen LogP contribution in [0.15, 0.2) is 20.6 Å². The number of rotatable bonds is 4. The molecule has 2 heterocycles. The maximum absolute atomic E-state index is 13.4. The van der Waals surface area contributed by atoms with E-state index >= 15 is 0 Å². The predicted molar refractivity (Wildman–Crippen MR) is 95.7 cm³/mol. The van der Waals surface area contributed by atoms with Gasteiger partial charge in [0.05, 0.1) is 39.6 Å². The van der Waals surface area contributed by atoms with Crippen molar-refractivity contribution in [3.05, 3.63) is 37.5 Å². The van der Waals surface area contributed by atoms with Gasteiger partial charge in [0.2, 0.25) is 0 Å². The van der Waals surface area contributed by atoms with Gasteiger partial charge in [-0.3, -0.25) is 14.3 Å². The number of thioether (sulfide) groups is 1. The number of halogens is 4. The molecule has 1 aliphatic rings. The van der Waals surface area contributed by atoms with Crippen molar-refractivity contribution in [1.29, 1.82) is 0 Å². The van der Waals surface area contributed by atoms with Crippen LogP contribution in [0.25, 0.3) is 10.9 Å². The lowest BCUT2D eigenvalue weighted by Gasteiger charge is -2.31. The molecule has 0 spiro atoms. The topological polar surface area (TPSA) is 73.3 Å². The molecule has 148 valence electrons. The van der Waals surface area contributed by atoms with E-state index < -0.39 is 33.4 Å². The molecule has 0 atom stereocenters. The number of nitrogens with zero attached hydrogens (tertiary/aromatic N) is 1. The Kier molecular flexibility index (Phi) is 5.37. The maximum Gasteiger partial charge on any atom is 0.417 e. The van der Waals surface area contributed by atoms with E-state index in [1.54, 1.807) is 0 Å². The number of ether oxygens (including phenoxy) is 2. The molecule has 1 aromatic heterocycles. The molecule has 0 aliphatic carbocycles. The van der Waals surface area contributed by atoms with Crippen LogP contribution in [-0.2, 0) is 22.2 Å². The van der Waals surface area contributed by atoms with Crippen molar-refractivity contribution >= 4 is 34.3 Å². The molecule has 3 rings (SSSR count). The van der Waals surface area contributed by atoms with Crippen molar-refractivity contribution < 1.29 is 22.6 Å². The van der Waals surface area contributed by atoms with Gasteiger partial charge in [0.25, 0.3) is 5.56 Å². The molecule has 1 aromatic carbocycles. The quantitative estimate of drug-likeness (QED) is 0.817. The molecule has 0 saturated heterocycles. The lowest BCUT2D eigenvalue weighted by molar-refractivity contribution is -0.137. The summed E-state index contributed by atoms with van der Waals surface area (Å²) in [6.45, 7) is 0.514. The minimum atomic E-state index is -4.74. The second-order valence-corrected chi connectivity index (χ2v) is 7.82. The number of methoxy groups -OCH3 is 2. The molecule has 2 aromatic rings. The number of nitrogens with one attached hydrogen (secondary N) is 1. The van der Waals surface area contributed by atoms with E-state index in [1.165, 1.54) is 18.8 Å². The van der Waals surface area contributed by atoms with Crippen LogP contribution in [0.3, 0.4) is 0 Å². The Hall–Kier alpha value is -1.49. The monoisotopic (exact) mass is 424 g/mol. The lowest BCUT2D eigenvalue weighted by Crippen LogP contribution is -2.42. The molecule has 0 unspecified atom stereocenters. The van der Waals surface area contributed by atoms with E-state index in [0.717, 1.165) is 11.8 Å². The number of aromatic amines is 1. The van der Waals surface area contributed by atoms with Gasteiger partial charge >= 0.3 is 11.9 Å². The fraction of sp³-hybridized carbons (Fsp3) is 0.500. The van der Waals surface area contributed by atoms with Crippen molar-refractivity contribution in [2.24, 2.45) is 5.41 Å². The number of hydrogen-bond acceptors (Lipinski definition) is 5. The number of hydrogen-bond donors (Lipinski definition) is 1. The first-order valence-electron chi connectivity index (χ1n) is 7.81. The van der Waals surface area contributed by atoms with E-state index in [2.05, 4.69) is 4.98 Å². The zero-order chi connectivity index (χ0) is 20.0. The van der Waals surface area contributed by atoms with Gasteiger partial charge < -0.3 is 9.47 Å². The summed E-state index contributed by atoms with van der Waals surface area (Å²) in [5.74, 6) is 0.292. The van der Waals surface area contributed by atoms with Gasteiger partial charge in [0, 0.05) is 31.9 Å². The summed E-state index contributed by atoms with van der Waals surface area (Å²) < 4.78 is 52.0. The normalized spacial score (nSPS) is 16.5. The largest absolute Gasteiger partial charge is 0.417 e. The highest BCUT2D eigenvalue weighted by molar-refractivity contribution is 7.99. The molecule has 27 heavy (non-hydrogen) atoms. The van der Waals surface area contributed by atoms with Crippen LogP contribution in [-0.4, -0.2) is 42.7 Å². The highest BCUT2D eigenvalue weighted by Crippen LogP contribution is 2.46. The maximum atomic E-state index is 13.4. The van der Waals surface area contributed by atoms with E-state index in [0.29, 0.717) is 11.8 Å². The van der Waals surface area contributed by atoms with Gasteiger partial charge in [0.15, 0.2) is 0 Å². The van der Waals surface area contributed by atoms with Gasteiger partial charge in [-0.1, -0.05) is 11.6 Å². The summed E-state index contributed by atoms with van der Waals surface area (Å²) in [6, 6.07) is 0.691. The summed E-state index contributed by atoms with van der Waals surface area (Å²) in [4.78, 5) is 26.8. The molecular formula is C16H16ClF3N2O4S. The zero-order valence-corrected chi connectivity index (χ0v) is 16.0. The van der Waals surface area contributed by atoms with Crippen molar-refractivity contribution in [2.45, 2.75) is 17.6 Å². The van der Waals surface area contributed by atoms with E-state index in [1.807, 2.05) is 0 Å². The highest BCUT2D eigenvalue weighted by Gasteiger charge is 2.40. The lowest BCUT2D eigenvalue weighted by atomic mass is 9.92. The molecule has 1 aliphatic heterocycles. The Morgan fingerprint density at radius 1 is 1.30 bits per heavy atom. The van der Waals surface area contributed by atoms with Gasteiger partial charge in [-0.25, -0.2) is 4.79 Å². The van der Waals surface area contributed by atoms with Crippen LogP contribution in [0.2, 0.25) is 5.02 Å². The third-order valence-electron chi connectivity index (χ3n) is 4.40. The van der Waals surface area contributed by atoms with Crippen LogP contribution in [0, 0.1) is 5.41 Å². The summed E-state index contributed by atoms with van der Waals surface area (Å²) in [7, 11) is 2.97. The Morgan fingerprint density at radius 2 is 1.93 bits per heavy atom. The number of H-pyrrole nitrogens is 1. The molecular weight excluding hydrogens is 409 g/mol. The number of benzene rings is 1. The summed E-state index contributed by atoms with van der Waals surface area (Å²) in [5.41, 5.74) is -3.31. The van der Waals surface area contributed by atoms with E-state index in [9.17, 15) is 22.8 Å². The molecule has 0 fully saturated rings. The first-order valence-corrected chi connectivity index (χ1v) is 9.17. The minimum absolute atomic E-state index is 0.0544. The Balaban J connectivity index is 2.37. The van der Waals surface area contributed by atoms with Crippen molar-refractivity contribution in [3.8, 4) is 0 Å². The minimum Gasteiger partial charge on any atom is -0.384 e. The first-order chi connectivity index (χ1) is 12.6.